The summed E-state index contributed by atoms with van der Waals surface area (Å²) in [7, 11) is -3.52. The van der Waals surface area contributed by atoms with E-state index in [0.29, 0.717) is 5.17 Å². The third-order valence-electron chi connectivity index (χ3n) is 3.81. The molecule has 0 aliphatic heterocycles. The van der Waals surface area contributed by atoms with Crippen molar-refractivity contribution in [2.45, 2.75) is 6.92 Å². The zero-order valence-electron chi connectivity index (χ0n) is 18.6. The molecule has 0 saturated heterocycles. The molecule has 0 aromatic heterocycles. The number of carboxylic acid groups (broad SMARTS) is 1. The quantitative estimate of drug-likeness (QED) is 0.199. The van der Waals surface area contributed by atoms with E-state index in [1.165, 1.54) is 10.9 Å². The molecule has 12 heteroatoms. The molecule has 3 aromatic rings. The molecule has 0 radical (unpaired) electrons. The summed E-state index contributed by atoms with van der Waals surface area (Å²) in [6, 6.07) is 22.3. The number of carbonyl (C=O) groups is 1. The fourth-order valence-corrected chi connectivity index (χ4v) is 2.54. The first-order valence-corrected chi connectivity index (χ1v) is 10.3. The van der Waals surface area contributed by atoms with Gasteiger partial charge in [-0.05, 0) is 67.3 Å². The van der Waals surface area contributed by atoms with Gasteiger partial charge in [-0.2, -0.15) is 0 Å². The average molecular weight is 499 g/mol. The minimum atomic E-state index is -5.43. The van der Waals surface area contributed by atoms with E-state index in [1.807, 2.05) is 54.4 Å². The van der Waals surface area contributed by atoms with Crippen LogP contribution in [0, 0.1) is 6.92 Å². The van der Waals surface area contributed by atoms with E-state index in [4.69, 9.17) is 41.2 Å². The molecule has 0 atom stereocenters. The van der Waals surface area contributed by atoms with Crippen molar-refractivity contribution in [2.75, 3.05) is 11.9 Å². The van der Waals surface area contributed by atoms with Crippen LogP contribution in [0.15, 0.2) is 66.7 Å². The normalized spacial score (nSPS) is 9.62. The predicted molar refractivity (Wildman–Crippen MR) is 110 cm³/mol. The van der Waals surface area contributed by atoms with E-state index < -0.39 is 13.3 Å². The fourth-order valence-electron chi connectivity index (χ4n) is 2.34. The molecule has 0 spiro atoms. The number of carbonyl (C=O) groups excluding carboxylic acids is 1. The first-order valence-electron chi connectivity index (χ1n) is 8.32. The monoisotopic (exact) mass is 499 g/mol. The molecule has 0 unspecified atom stereocenters. The summed E-state index contributed by atoms with van der Waals surface area (Å²) in [5.41, 5.74) is -0.351. The number of hydrogen-bond donors (Lipinski definition) is 0. The molecule has 0 N–H and O–H groups in total. The third kappa shape index (κ3) is 11.1. The van der Waals surface area contributed by atoms with Gasteiger partial charge in [-0.1, -0.05) is 42.5 Å². The Hall–Kier alpha value is 0.230. The number of benzene rings is 3. The van der Waals surface area contributed by atoms with E-state index in [0.717, 1.165) is 16.8 Å². The second-order valence-electron chi connectivity index (χ2n) is 6.04. The van der Waals surface area contributed by atoms with Crippen molar-refractivity contribution >= 4 is 47.2 Å². The Morgan fingerprint density at radius 1 is 0.938 bits per heavy atom. The van der Waals surface area contributed by atoms with Crippen LogP contribution >= 0.6 is 19.8 Å². The van der Waals surface area contributed by atoms with Crippen LogP contribution < -0.4 is 113 Å². The van der Waals surface area contributed by atoms with Crippen LogP contribution in [0.4, 0.5) is 10.5 Å². The van der Waals surface area contributed by atoms with Gasteiger partial charge in [0.25, 0.3) is 5.17 Å². The Morgan fingerprint density at radius 3 is 2.03 bits per heavy atom. The summed E-state index contributed by atoms with van der Waals surface area (Å²) >= 11 is 5.41. The van der Waals surface area contributed by atoms with Crippen LogP contribution in [0.1, 0.15) is 5.56 Å². The van der Waals surface area contributed by atoms with Gasteiger partial charge in [0.2, 0.25) is 0 Å². The van der Waals surface area contributed by atoms with E-state index in [-0.39, 0.29) is 88.7 Å². The number of aryl methyl sites for hydroxylation is 1. The summed E-state index contributed by atoms with van der Waals surface area (Å²) in [4.78, 5) is 29.2. The Balaban J connectivity index is 0. The van der Waals surface area contributed by atoms with Gasteiger partial charge in [0.1, 0.15) is 5.75 Å². The van der Waals surface area contributed by atoms with Gasteiger partial charge in [0.05, 0.1) is 5.71 Å². The van der Waals surface area contributed by atoms with Gasteiger partial charge in [-0.15, -0.1) is 0 Å². The first kappa shape index (κ1) is 34.4. The van der Waals surface area contributed by atoms with Crippen LogP contribution in [0.25, 0.3) is 10.8 Å². The molecule has 0 amide bonds. The number of fused-ring (bicyclic) bond motifs is 1. The minimum absolute atomic E-state index is 0. The van der Waals surface area contributed by atoms with Crippen LogP contribution in [0.2, 0.25) is 0 Å². The van der Waals surface area contributed by atoms with E-state index in [2.05, 4.69) is 31.2 Å². The van der Waals surface area contributed by atoms with Gasteiger partial charge in [-0.25, -0.2) is 0 Å². The Morgan fingerprint density at radius 2 is 1.50 bits per heavy atom. The van der Waals surface area contributed by atoms with Crippen molar-refractivity contribution in [2.24, 2.45) is 0 Å². The Labute approximate surface area is 258 Å². The molecule has 3 rings (SSSR count). The predicted octanol–water partition coefficient (Wildman–Crippen LogP) is -6.80. The molecule has 32 heavy (non-hydrogen) atoms. The van der Waals surface area contributed by atoms with Crippen LogP contribution in [-0.4, -0.2) is 17.9 Å². The topological polar surface area (TPSA) is 116 Å². The van der Waals surface area contributed by atoms with Crippen molar-refractivity contribution < 1.29 is 118 Å². The smallest absolute Gasteiger partial charge is 0.807 e. The summed E-state index contributed by atoms with van der Waals surface area (Å²) in [6.45, 7) is 2.06. The molecule has 7 nitrogen and oxygen atoms in total. The maximum Gasteiger partial charge on any atom is 1.00 e. The van der Waals surface area contributed by atoms with Crippen LogP contribution in [0.5, 0.6) is 5.75 Å². The zero-order chi connectivity index (χ0) is 21.6. The molecule has 0 aliphatic rings. The summed E-state index contributed by atoms with van der Waals surface area (Å²) in [5.74, 6) is 0.753. The number of thiocarbonyl (C=S) groups is 1. The molecule has 3 aromatic carbocycles. The summed E-state index contributed by atoms with van der Waals surface area (Å²) in [5, 5.41) is 11.8. The SMILES string of the molecule is Cc1cccc(N(C)C(=S)Oc2ccc3ccccc3c2)c1.O=C([O-])P(=O)([O-])[O-].[Na+].[Na+].[Na+]. The second kappa shape index (κ2) is 16.0. The van der Waals surface area contributed by atoms with Crippen molar-refractivity contribution in [3.63, 3.8) is 0 Å². The van der Waals surface area contributed by atoms with Crippen molar-refractivity contribution in [3.8, 4) is 5.75 Å². The van der Waals surface area contributed by atoms with Gasteiger partial charge >= 0.3 is 88.7 Å². The van der Waals surface area contributed by atoms with Crippen LogP contribution in [-0.2, 0) is 4.57 Å². The molecular weight excluding hydrogens is 482 g/mol. The van der Waals surface area contributed by atoms with Crippen molar-refractivity contribution in [1.29, 1.82) is 0 Å². The zero-order valence-corrected chi connectivity index (χ0v) is 26.3. The van der Waals surface area contributed by atoms with E-state index >= 15 is 0 Å². The number of anilines is 1. The average Bonchev–Trinajstić information content (AvgIpc) is 2.67. The third-order valence-corrected chi connectivity index (χ3v) is 4.62. The Kier molecular flexibility index (Phi) is 17.2. The Bertz CT molecular complexity index is 1100. The number of ether oxygens (including phenoxy) is 1. The maximum absolute atomic E-state index is 9.14. The summed E-state index contributed by atoms with van der Waals surface area (Å²) in [6.07, 6.45) is 0. The standard InChI is InChI=1S/C19H17NOS.CH3O5P.3Na/c1-14-6-5-9-17(12-14)20(2)19(22)21-18-11-10-15-7-3-4-8-16(15)13-18;2-1(3)7(4,5)6;;;/h3-13H,1-2H3;(H,2,3)(H2,4,5,6);;;/q;;3*+1/p-3. The van der Waals surface area contributed by atoms with Crippen LogP contribution in [0.3, 0.4) is 0 Å². The molecule has 0 aliphatic carbocycles. The molecule has 152 valence electrons. The number of nitrogens with zero attached hydrogens (tertiary/aromatic N) is 1. The van der Waals surface area contributed by atoms with Gasteiger partial charge in [0.15, 0.2) is 0 Å². The van der Waals surface area contributed by atoms with Crippen molar-refractivity contribution in [3.05, 3.63) is 72.3 Å². The molecule has 0 saturated carbocycles. The second-order valence-corrected chi connectivity index (χ2v) is 7.75. The summed E-state index contributed by atoms with van der Waals surface area (Å²) < 4.78 is 15.0. The largest absolute Gasteiger partial charge is 1.00 e. The fraction of sp³-hybridized carbons (Fsp3) is 0.100. The van der Waals surface area contributed by atoms with Gasteiger partial charge in [-0.3, -0.25) is 0 Å². The van der Waals surface area contributed by atoms with E-state index in [9.17, 15) is 0 Å². The molecule has 0 fully saturated rings. The van der Waals surface area contributed by atoms with Gasteiger partial charge in [0, 0.05) is 12.7 Å². The van der Waals surface area contributed by atoms with Crippen molar-refractivity contribution in [1.82, 2.24) is 0 Å². The van der Waals surface area contributed by atoms with Gasteiger partial charge < -0.3 is 33.9 Å². The molecular formula is C20H17NNa3O6PS. The first-order chi connectivity index (χ1) is 13.6. The molecule has 0 heterocycles. The van der Waals surface area contributed by atoms with E-state index in [1.54, 1.807) is 0 Å². The maximum atomic E-state index is 9.14. The molecule has 0 bridgehead atoms. The number of hydrogen-bond acceptors (Lipinski definition) is 7. The number of rotatable bonds is 3. The minimum Gasteiger partial charge on any atom is -0.807 e.